The van der Waals surface area contributed by atoms with Crippen LogP contribution in [-0.4, -0.2) is 140 Å². The van der Waals surface area contributed by atoms with Gasteiger partial charge in [0.2, 0.25) is 5.91 Å². The maximum atomic E-state index is 11.8. The highest BCUT2D eigenvalue weighted by atomic mass is 16.7. The Labute approximate surface area is 283 Å². The van der Waals surface area contributed by atoms with E-state index in [1.807, 2.05) is 0 Å². The van der Waals surface area contributed by atoms with E-state index in [-0.39, 0.29) is 6.61 Å². The second-order valence-corrected chi connectivity index (χ2v) is 12.4. The molecule has 2 rings (SSSR count). The minimum Gasteiger partial charge on any atom is -0.394 e. The minimum absolute atomic E-state index is 0.331. The third kappa shape index (κ3) is 14.2. The summed E-state index contributed by atoms with van der Waals surface area (Å²) < 4.78 is 22.1. The van der Waals surface area contributed by atoms with Crippen molar-refractivity contribution in [3.05, 3.63) is 36.5 Å². The van der Waals surface area contributed by atoms with Crippen molar-refractivity contribution in [3.8, 4) is 0 Å². The van der Waals surface area contributed by atoms with Crippen LogP contribution in [0.4, 0.5) is 0 Å². The van der Waals surface area contributed by atoms with Gasteiger partial charge in [-0.15, -0.1) is 0 Å². The Hall–Kier alpha value is -1.79. The van der Waals surface area contributed by atoms with E-state index in [4.69, 9.17) is 18.9 Å². The summed E-state index contributed by atoms with van der Waals surface area (Å²) in [5.41, 5.74) is 0. The molecule has 2 aliphatic heterocycles. The average molecular weight is 690 g/mol. The quantitative estimate of drug-likeness (QED) is 0.0543. The molecule has 0 aromatic carbocycles. The van der Waals surface area contributed by atoms with Crippen molar-refractivity contribution in [1.82, 2.24) is 5.32 Å². The molecule has 278 valence electrons. The number of ether oxygens (including phenoxy) is 4. The van der Waals surface area contributed by atoms with Gasteiger partial charge < -0.3 is 65.1 Å². The SMILES string of the molecule is CCCCCCC/C=C/CC/C=C/CC/C=C/C(O)C(COC1OC(CO)C(OC2OC(CO)C(O)C(O)C2O)C(O)C1O)NC(C)=O. The predicted molar refractivity (Wildman–Crippen MR) is 175 cm³/mol. The van der Waals surface area contributed by atoms with Crippen LogP contribution in [0.3, 0.4) is 0 Å². The molecule has 0 bridgehead atoms. The third-order valence-electron chi connectivity index (χ3n) is 8.34. The van der Waals surface area contributed by atoms with Gasteiger partial charge in [0.1, 0.15) is 48.8 Å². The Morgan fingerprint density at radius 1 is 0.729 bits per heavy atom. The van der Waals surface area contributed by atoms with Crippen LogP contribution in [0, 0.1) is 0 Å². The van der Waals surface area contributed by atoms with Gasteiger partial charge in [0.05, 0.1) is 32.0 Å². The summed E-state index contributed by atoms with van der Waals surface area (Å²) in [5.74, 6) is -0.434. The van der Waals surface area contributed by atoms with E-state index in [1.54, 1.807) is 6.08 Å². The highest BCUT2D eigenvalue weighted by Crippen LogP contribution is 2.29. The molecule has 0 aromatic rings. The summed E-state index contributed by atoms with van der Waals surface area (Å²) in [6.45, 7) is 1.73. The lowest BCUT2D eigenvalue weighted by Gasteiger charge is -2.46. The molecule has 0 aliphatic carbocycles. The van der Waals surface area contributed by atoms with Crippen LogP contribution in [0.5, 0.6) is 0 Å². The third-order valence-corrected chi connectivity index (χ3v) is 8.34. The number of aliphatic hydroxyl groups excluding tert-OH is 8. The summed E-state index contributed by atoms with van der Waals surface area (Å²) in [7, 11) is 0. The first-order valence-corrected chi connectivity index (χ1v) is 17.2. The van der Waals surface area contributed by atoms with Crippen molar-refractivity contribution in [2.45, 2.75) is 152 Å². The molecule has 14 nitrogen and oxygen atoms in total. The number of nitrogens with one attached hydrogen (secondary N) is 1. The van der Waals surface area contributed by atoms with Crippen molar-refractivity contribution < 1.29 is 64.6 Å². The van der Waals surface area contributed by atoms with Crippen LogP contribution in [0.15, 0.2) is 36.5 Å². The number of allylic oxidation sites excluding steroid dienone is 5. The van der Waals surface area contributed by atoms with E-state index in [9.17, 15) is 45.6 Å². The lowest BCUT2D eigenvalue weighted by atomic mass is 9.97. The highest BCUT2D eigenvalue weighted by molar-refractivity contribution is 5.73. The largest absolute Gasteiger partial charge is 0.394 e. The number of carbonyl (C=O) groups excluding carboxylic acids is 1. The van der Waals surface area contributed by atoms with Crippen molar-refractivity contribution in [2.75, 3.05) is 19.8 Å². The van der Waals surface area contributed by atoms with E-state index in [0.717, 1.165) is 25.7 Å². The molecule has 2 saturated heterocycles. The van der Waals surface area contributed by atoms with Crippen LogP contribution in [0.25, 0.3) is 0 Å². The monoisotopic (exact) mass is 689 g/mol. The maximum absolute atomic E-state index is 11.8. The van der Waals surface area contributed by atoms with E-state index >= 15 is 0 Å². The molecule has 0 radical (unpaired) electrons. The zero-order chi connectivity index (χ0) is 35.5. The zero-order valence-corrected chi connectivity index (χ0v) is 28.2. The van der Waals surface area contributed by atoms with Crippen molar-refractivity contribution in [1.29, 1.82) is 0 Å². The first-order valence-electron chi connectivity index (χ1n) is 17.2. The number of rotatable bonds is 22. The van der Waals surface area contributed by atoms with E-state index in [1.165, 1.54) is 45.1 Å². The molecule has 0 aromatic heterocycles. The van der Waals surface area contributed by atoms with Crippen LogP contribution in [-0.2, 0) is 23.7 Å². The summed E-state index contributed by atoms with van der Waals surface area (Å²) >= 11 is 0. The second kappa shape index (κ2) is 23.6. The first kappa shape index (κ1) is 42.4. The molecule has 2 heterocycles. The number of aliphatic hydroxyl groups is 8. The predicted octanol–water partition coefficient (Wildman–Crippen LogP) is 0.0822. The van der Waals surface area contributed by atoms with Crippen LogP contribution < -0.4 is 5.32 Å². The van der Waals surface area contributed by atoms with Gasteiger partial charge in [-0.2, -0.15) is 0 Å². The number of hydrogen-bond donors (Lipinski definition) is 9. The topological polar surface area (TPSA) is 228 Å². The van der Waals surface area contributed by atoms with Crippen molar-refractivity contribution >= 4 is 5.91 Å². The molecule has 1 amide bonds. The summed E-state index contributed by atoms with van der Waals surface area (Å²) in [6.07, 6.45) is 5.95. The molecule has 12 unspecified atom stereocenters. The van der Waals surface area contributed by atoms with Gasteiger partial charge >= 0.3 is 0 Å². The normalized spacial score (nSPS) is 32.7. The zero-order valence-electron chi connectivity index (χ0n) is 28.2. The molecule has 0 saturated carbocycles. The van der Waals surface area contributed by atoms with Gasteiger partial charge in [-0.05, 0) is 38.5 Å². The van der Waals surface area contributed by atoms with Gasteiger partial charge in [0, 0.05) is 6.92 Å². The summed E-state index contributed by atoms with van der Waals surface area (Å²) in [4.78, 5) is 11.8. The van der Waals surface area contributed by atoms with E-state index in [2.05, 4.69) is 36.5 Å². The Morgan fingerprint density at radius 2 is 1.29 bits per heavy atom. The first-order chi connectivity index (χ1) is 23.0. The number of amides is 1. The van der Waals surface area contributed by atoms with Crippen LogP contribution in [0.1, 0.15) is 78.1 Å². The molecule has 9 N–H and O–H groups in total. The van der Waals surface area contributed by atoms with Crippen LogP contribution >= 0.6 is 0 Å². The average Bonchev–Trinajstić information content (AvgIpc) is 3.07. The Bertz CT molecular complexity index is 961. The van der Waals surface area contributed by atoms with Gasteiger partial charge in [-0.3, -0.25) is 4.79 Å². The minimum atomic E-state index is -1.79. The summed E-state index contributed by atoms with van der Waals surface area (Å²) in [5, 5.41) is 84.5. The Morgan fingerprint density at radius 3 is 1.90 bits per heavy atom. The number of carbonyl (C=O) groups is 1. The standard InChI is InChI=1S/C34H59NO13/c1-3-4-5-6-7-8-9-10-11-12-13-14-15-16-17-18-24(39)23(35-22(2)38)21-45-33-31(44)29(42)32(26(20-37)47-33)48-34-30(43)28(41)27(40)25(19-36)46-34/h9-10,13-14,17-18,23-34,36-37,39-44H,3-8,11-12,15-16,19-21H2,1-2H3,(H,35,38)/b10-9+,14-13+,18-17+. The summed E-state index contributed by atoms with van der Waals surface area (Å²) in [6, 6.07) is -0.934. The lowest BCUT2D eigenvalue weighted by molar-refractivity contribution is -0.359. The maximum Gasteiger partial charge on any atom is 0.217 e. The van der Waals surface area contributed by atoms with Gasteiger partial charge in [-0.1, -0.05) is 69.1 Å². The molecule has 48 heavy (non-hydrogen) atoms. The van der Waals surface area contributed by atoms with Crippen molar-refractivity contribution in [3.63, 3.8) is 0 Å². The molecule has 2 aliphatic rings. The molecular weight excluding hydrogens is 630 g/mol. The number of unbranched alkanes of at least 4 members (excludes halogenated alkanes) is 7. The molecule has 0 spiro atoms. The molecule has 12 atom stereocenters. The Kier molecular flexibility index (Phi) is 20.8. The smallest absolute Gasteiger partial charge is 0.217 e. The van der Waals surface area contributed by atoms with Gasteiger partial charge in [0.15, 0.2) is 12.6 Å². The molecule has 2 fully saturated rings. The fourth-order valence-electron chi connectivity index (χ4n) is 5.47. The van der Waals surface area contributed by atoms with E-state index in [0.29, 0.717) is 6.42 Å². The van der Waals surface area contributed by atoms with E-state index < -0.39 is 92.7 Å². The Balaban J connectivity index is 1.82. The second-order valence-electron chi connectivity index (χ2n) is 12.4. The van der Waals surface area contributed by atoms with Crippen LogP contribution in [0.2, 0.25) is 0 Å². The van der Waals surface area contributed by atoms with Crippen molar-refractivity contribution in [2.24, 2.45) is 0 Å². The molecule has 14 heteroatoms. The fraction of sp³-hybridized carbons (Fsp3) is 0.794. The lowest BCUT2D eigenvalue weighted by Crippen LogP contribution is -2.65. The van der Waals surface area contributed by atoms with Gasteiger partial charge in [0.25, 0.3) is 0 Å². The fourth-order valence-corrected chi connectivity index (χ4v) is 5.47. The molecular formula is C34H59NO13. The number of hydrogen-bond acceptors (Lipinski definition) is 13. The highest BCUT2D eigenvalue weighted by Gasteiger charge is 2.50. The van der Waals surface area contributed by atoms with Gasteiger partial charge in [-0.25, -0.2) is 0 Å².